The van der Waals surface area contributed by atoms with Crippen LogP contribution in [0.5, 0.6) is 0 Å². The Kier molecular flexibility index (Phi) is 3.03. The van der Waals surface area contributed by atoms with Crippen LogP contribution < -0.4 is 10.6 Å². The van der Waals surface area contributed by atoms with Gasteiger partial charge < -0.3 is 10.8 Å². The number of nitrogen functional groups attached to an aromatic ring is 1. The van der Waals surface area contributed by atoms with Gasteiger partial charge in [-0.3, -0.25) is 14.6 Å². The average molecular weight is 247 g/mol. The maximum absolute atomic E-state index is 12.0. The lowest BCUT2D eigenvalue weighted by Crippen LogP contribution is -2.35. The van der Waals surface area contributed by atoms with Crippen LogP contribution >= 0.6 is 0 Å². The second-order valence-electron chi connectivity index (χ2n) is 3.86. The van der Waals surface area contributed by atoms with Crippen LogP contribution in [-0.2, 0) is 4.79 Å². The molecule has 0 bridgehead atoms. The second-order valence-corrected chi connectivity index (χ2v) is 3.86. The molecule has 3 amide bonds. The van der Waals surface area contributed by atoms with Crippen LogP contribution in [0.4, 0.5) is 16.2 Å². The number of aliphatic hydroxyl groups is 1. The molecule has 18 heavy (non-hydrogen) atoms. The number of anilines is 2. The third kappa shape index (κ3) is 1.82. The van der Waals surface area contributed by atoms with Gasteiger partial charge in [0.1, 0.15) is 0 Å². The minimum Gasteiger partial charge on any atom is -0.399 e. The highest BCUT2D eigenvalue weighted by Crippen LogP contribution is 2.26. The molecule has 0 saturated carbocycles. The van der Waals surface area contributed by atoms with E-state index in [0.717, 1.165) is 9.80 Å². The number of hydrogen-bond acceptors (Lipinski definition) is 4. The molecule has 3 N–H and O–H groups in total. The summed E-state index contributed by atoms with van der Waals surface area (Å²) in [5.74, 6) is -0.665. The average Bonchev–Trinajstić information content (AvgIpc) is 2.54. The maximum Gasteiger partial charge on any atom is 0.334 e. The largest absolute Gasteiger partial charge is 0.399 e. The van der Waals surface area contributed by atoms with Gasteiger partial charge in [-0.05, 0) is 18.2 Å². The monoisotopic (exact) mass is 247 g/mol. The molecule has 6 heteroatoms. The molecule has 1 unspecified atom stereocenters. The van der Waals surface area contributed by atoms with E-state index in [-0.39, 0.29) is 6.54 Å². The smallest absolute Gasteiger partial charge is 0.334 e. The topological polar surface area (TPSA) is 86.9 Å². The van der Waals surface area contributed by atoms with Crippen LogP contribution in [0, 0.1) is 0 Å². The number of urea groups is 1. The van der Waals surface area contributed by atoms with Crippen molar-refractivity contribution in [1.82, 2.24) is 4.90 Å². The number of rotatable bonds is 3. The van der Waals surface area contributed by atoms with Gasteiger partial charge in [-0.1, -0.05) is 12.1 Å². The Hall–Kier alpha value is -2.34. The van der Waals surface area contributed by atoms with Gasteiger partial charge in [0.15, 0.2) is 0 Å². The van der Waals surface area contributed by atoms with Crippen molar-refractivity contribution >= 4 is 23.3 Å². The van der Waals surface area contributed by atoms with Gasteiger partial charge in [0.25, 0.3) is 5.91 Å². The standard InChI is InChI=1S/C12H13N3O3/c1-2-6-14-10(16)11(17)15(12(14)18)9-5-3-4-8(13)7-9/h2-5,7,11,17H,1,6,13H2. The van der Waals surface area contributed by atoms with Crippen LogP contribution in [0.3, 0.4) is 0 Å². The van der Waals surface area contributed by atoms with Crippen molar-refractivity contribution in [2.24, 2.45) is 0 Å². The summed E-state index contributed by atoms with van der Waals surface area (Å²) in [4.78, 5) is 25.7. The number of aliphatic hydroxyl groups excluding tert-OH is 1. The third-order valence-electron chi connectivity index (χ3n) is 2.63. The predicted molar refractivity (Wildman–Crippen MR) is 66.6 cm³/mol. The first-order chi connectivity index (χ1) is 8.56. The highest BCUT2D eigenvalue weighted by atomic mass is 16.3. The molecule has 2 rings (SSSR count). The van der Waals surface area contributed by atoms with Crippen molar-refractivity contribution in [3.63, 3.8) is 0 Å². The van der Waals surface area contributed by atoms with Gasteiger partial charge in [0.2, 0.25) is 6.23 Å². The van der Waals surface area contributed by atoms with Gasteiger partial charge in [0.05, 0.1) is 5.69 Å². The van der Waals surface area contributed by atoms with E-state index in [2.05, 4.69) is 6.58 Å². The van der Waals surface area contributed by atoms with Crippen molar-refractivity contribution < 1.29 is 14.7 Å². The fraction of sp³-hybridized carbons (Fsp3) is 0.167. The lowest BCUT2D eigenvalue weighted by atomic mass is 10.2. The molecule has 0 spiro atoms. The number of amides is 3. The Morgan fingerprint density at radius 1 is 1.44 bits per heavy atom. The first-order valence-corrected chi connectivity index (χ1v) is 5.35. The molecule has 1 aromatic carbocycles. The third-order valence-corrected chi connectivity index (χ3v) is 2.63. The SMILES string of the molecule is C=CCN1C(=O)C(O)N(c2cccc(N)c2)C1=O. The van der Waals surface area contributed by atoms with Gasteiger partial charge in [-0.2, -0.15) is 0 Å². The number of nitrogens with zero attached hydrogens (tertiary/aromatic N) is 2. The van der Waals surface area contributed by atoms with Crippen molar-refractivity contribution in [3.8, 4) is 0 Å². The summed E-state index contributed by atoms with van der Waals surface area (Å²) < 4.78 is 0. The van der Waals surface area contributed by atoms with E-state index < -0.39 is 18.2 Å². The summed E-state index contributed by atoms with van der Waals surface area (Å²) in [5, 5.41) is 9.81. The zero-order chi connectivity index (χ0) is 13.3. The van der Waals surface area contributed by atoms with Crippen molar-refractivity contribution in [2.45, 2.75) is 6.23 Å². The maximum atomic E-state index is 12.0. The molecule has 1 aliphatic heterocycles. The fourth-order valence-corrected chi connectivity index (χ4v) is 1.80. The molecular formula is C12H13N3O3. The Morgan fingerprint density at radius 2 is 2.17 bits per heavy atom. The molecule has 0 aromatic heterocycles. The lowest BCUT2D eigenvalue weighted by Gasteiger charge is -2.18. The molecule has 1 aromatic rings. The van der Waals surface area contributed by atoms with E-state index in [0.29, 0.717) is 11.4 Å². The minimum absolute atomic E-state index is 0.0630. The minimum atomic E-state index is -1.51. The fourth-order valence-electron chi connectivity index (χ4n) is 1.80. The van der Waals surface area contributed by atoms with Crippen molar-refractivity contribution in [1.29, 1.82) is 0 Å². The molecule has 1 heterocycles. The van der Waals surface area contributed by atoms with E-state index in [1.54, 1.807) is 18.2 Å². The van der Waals surface area contributed by atoms with Crippen LogP contribution in [0.25, 0.3) is 0 Å². The van der Waals surface area contributed by atoms with Crippen molar-refractivity contribution in [2.75, 3.05) is 17.2 Å². The molecule has 1 aliphatic rings. The summed E-state index contributed by atoms with van der Waals surface area (Å²) in [6, 6.07) is 5.83. The number of carbonyl (C=O) groups excluding carboxylic acids is 2. The predicted octanol–water partition coefficient (Wildman–Crippen LogP) is 0.542. The van der Waals surface area contributed by atoms with Gasteiger partial charge >= 0.3 is 6.03 Å². The number of hydrogen-bond donors (Lipinski definition) is 2. The van der Waals surface area contributed by atoms with Crippen LogP contribution in [0.15, 0.2) is 36.9 Å². The summed E-state index contributed by atoms with van der Waals surface area (Å²) in [6.07, 6.45) is -0.0926. The van der Waals surface area contributed by atoms with E-state index in [9.17, 15) is 14.7 Å². The molecule has 6 nitrogen and oxygen atoms in total. The summed E-state index contributed by atoms with van der Waals surface area (Å²) in [7, 11) is 0. The first kappa shape index (κ1) is 12.1. The Morgan fingerprint density at radius 3 is 2.78 bits per heavy atom. The Balaban J connectivity index is 2.37. The van der Waals surface area contributed by atoms with Crippen LogP contribution in [-0.4, -0.2) is 34.7 Å². The van der Waals surface area contributed by atoms with Gasteiger partial charge in [-0.25, -0.2) is 4.79 Å². The van der Waals surface area contributed by atoms with Crippen LogP contribution in [0.2, 0.25) is 0 Å². The molecule has 0 aliphatic carbocycles. The summed E-state index contributed by atoms with van der Waals surface area (Å²) in [6.45, 7) is 3.53. The molecular weight excluding hydrogens is 234 g/mol. The van der Waals surface area contributed by atoms with E-state index in [1.165, 1.54) is 12.1 Å². The van der Waals surface area contributed by atoms with E-state index >= 15 is 0 Å². The quantitative estimate of drug-likeness (QED) is 0.463. The lowest BCUT2D eigenvalue weighted by molar-refractivity contribution is -0.132. The Labute approximate surface area is 104 Å². The highest BCUT2D eigenvalue weighted by Gasteiger charge is 2.44. The molecule has 1 atom stereocenters. The van der Waals surface area contributed by atoms with Gasteiger partial charge in [-0.15, -0.1) is 6.58 Å². The van der Waals surface area contributed by atoms with E-state index in [1.807, 2.05) is 0 Å². The summed E-state index contributed by atoms with van der Waals surface area (Å²) >= 11 is 0. The molecule has 1 fully saturated rings. The molecule has 94 valence electrons. The van der Waals surface area contributed by atoms with Gasteiger partial charge in [0, 0.05) is 12.2 Å². The summed E-state index contributed by atoms with van der Waals surface area (Å²) in [5.41, 5.74) is 6.44. The zero-order valence-corrected chi connectivity index (χ0v) is 9.61. The van der Waals surface area contributed by atoms with Crippen LogP contribution in [0.1, 0.15) is 0 Å². The number of carbonyl (C=O) groups is 2. The number of benzene rings is 1. The molecule has 1 saturated heterocycles. The van der Waals surface area contributed by atoms with E-state index in [4.69, 9.17) is 5.73 Å². The molecule has 0 radical (unpaired) electrons. The Bertz CT molecular complexity index is 515. The second kappa shape index (κ2) is 4.50. The number of nitrogens with two attached hydrogens (primary N) is 1. The highest BCUT2D eigenvalue weighted by molar-refractivity contribution is 6.13. The number of imide groups is 1. The normalized spacial score (nSPS) is 19.5. The van der Waals surface area contributed by atoms with Crippen molar-refractivity contribution in [3.05, 3.63) is 36.9 Å². The first-order valence-electron chi connectivity index (χ1n) is 5.35. The zero-order valence-electron chi connectivity index (χ0n) is 9.61.